The van der Waals surface area contributed by atoms with Gasteiger partial charge >= 0.3 is 0 Å². The van der Waals surface area contributed by atoms with Crippen LogP contribution < -0.4 is 10.1 Å². The minimum Gasteiger partial charge on any atom is -0.493 e. The van der Waals surface area contributed by atoms with Crippen molar-refractivity contribution in [3.63, 3.8) is 0 Å². The molecule has 3 rings (SSSR count). The van der Waals surface area contributed by atoms with Crippen LogP contribution in [0.1, 0.15) is 6.42 Å². The van der Waals surface area contributed by atoms with Crippen molar-refractivity contribution in [1.29, 1.82) is 0 Å². The van der Waals surface area contributed by atoms with Gasteiger partial charge < -0.3 is 14.6 Å². The number of hydrogen-bond donors (Lipinski definition) is 1. The third-order valence-electron chi connectivity index (χ3n) is 3.47. The van der Waals surface area contributed by atoms with Crippen molar-refractivity contribution < 1.29 is 9.53 Å². The van der Waals surface area contributed by atoms with E-state index >= 15 is 0 Å². The highest BCUT2D eigenvalue weighted by atomic mass is 32.2. The summed E-state index contributed by atoms with van der Waals surface area (Å²) in [6, 6.07) is 17.2. The monoisotopic (exact) mass is 353 g/mol. The molecule has 0 atom stereocenters. The third-order valence-corrected chi connectivity index (χ3v) is 4.55. The van der Waals surface area contributed by atoms with Crippen LogP contribution in [-0.2, 0) is 11.8 Å². The van der Waals surface area contributed by atoms with Gasteiger partial charge in [-0.05, 0) is 36.4 Å². The molecule has 1 N–H and O–H groups in total. The van der Waals surface area contributed by atoms with Crippen LogP contribution in [0, 0.1) is 0 Å². The van der Waals surface area contributed by atoms with Crippen LogP contribution in [0.3, 0.4) is 0 Å². The molecule has 1 amide bonds. The van der Waals surface area contributed by atoms with Crippen molar-refractivity contribution in [2.24, 2.45) is 7.05 Å². The molecular weight excluding hydrogens is 334 g/mol. The maximum absolute atomic E-state index is 12.0. The summed E-state index contributed by atoms with van der Waals surface area (Å²) in [5.41, 5.74) is 0.772. The number of anilines is 1. The number of benzene rings is 2. The molecule has 0 spiro atoms. The van der Waals surface area contributed by atoms with Crippen molar-refractivity contribution in [3.05, 3.63) is 67.0 Å². The zero-order valence-corrected chi connectivity index (χ0v) is 14.7. The van der Waals surface area contributed by atoms with Crippen molar-refractivity contribution in [2.45, 2.75) is 16.5 Å². The van der Waals surface area contributed by atoms with E-state index < -0.39 is 0 Å². The van der Waals surface area contributed by atoms with Gasteiger partial charge in [-0.2, -0.15) is 0 Å². The Balaban J connectivity index is 1.46. The molecule has 1 aromatic heterocycles. The molecular formula is C19H19N3O2S. The van der Waals surface area contributed by atoms with Crippen LogP contribution in [0.5, 0.6) is 5.75 Å². The number of carbonyl (C=O) groups is 1. The number of para-hydroxylation sites is 1. The number of rotatable bonds is 7. The standard InChI is InChI=1S/C19H19N3O2S/c1-22-13-12-20-19(22)25-17-9-7-15(8-10-17)21-18(23)11-14-24-16-5-3-2-4-6-16/h2-10,12-13H,11,14H2,1H3,(H,21,23). The van der Waals surface area contributed by atoms with Gasteiger partial charge in [-0.15, -0.1) is 0 Å². The average Bonchev–Trinajstić information content (AvgIpc) is 3.02. The lowest BCUT2D eigenvalue weighted by molar-refractivity contribution is -0.116. The maximum atomic E-state index is 12.0. The number of aryl methyl sites for hydroxylation is 1. The summed E-state index contributed by atoms with van der Waals surface area (Å²) in [5, 5.41) is 3.80. The molecule has 0 unspecified atom stereocenters. The lowest BCUT2D eigenvalue weighted by atomic mass is 10.3. The topological polar surface area (TPSA) is 56.2 Å². The second kappa shape index (κ2) is 8.39. The number of imidazole rings is 1. The Hall–Kier alpha value is -2.73. The quantitative estimate of drug-likeness (QED) is 0.698. The average molecular weight is 353 g/mol. The molecule has 0 aliphatic carbocycles. The van der Waals surface area contributed by atoms with Gasteiger partial charge in [0.1, 0.15) is 5.75 Å². The molecule has 3 aromatic rings. The predicted molar refractivity (Wildman–Crippen MR) is 99.0 cm³/mol. The Kier molecular flexibility index (Phi) is 5.74. The molecule has 0 saturated carbocycles. The Labute approximate surface area is 151 Å². The van der Waals surface area contributed by atoms with Crippen molar-refractivity contribution in [3.8, 4) is 5.75 Å². The fourth-order valence-corrected chi connectivity index (χ4v) is 2.97. The summed E-state index contributed by atoms with van der Waals surface area (Å²) in [6.07, 6.45) is 3.99. The molecule has 0 aliphatic heterocycles. The number of hydrogen-bond acceptors (Lipinski definition) is 4. The predicted octanol–water partition coefficient (Wildman–Crippen LogP) is 3.98. The molecule has 2 aromatic carbocycles. The number of aromatic nitrogens is 2. The van der Waals surface area contributed by atoms with E-state index in [-0.39, 0.29) is 5.91 Å². The molecule has 0 radical (unpaired) electrons. The molecule has 0 saturated heterocycles. The second-order valence-electron chi connectivity index (χ2n) is 5.41. The number of carbonyl (C=O) groups excluding carboxylic acids is 1. The highest BCUT2D eigenvalue weighted by Crippen LogP contribution is 2.26. The fourth-order valence-electron chi connectivity index (χ4n) is 2.16. The van der Waals surface area contributed by atoms with Gasteiger partial charge in [-0.1, -0.05) is 30.0 Å². The SMILES string of the molecule is Cn1ccnc1Sc1ccc(NC(=O)CCOc2ccccc2)cc1. The normalized spacial score (nSPS) is 10.4. The highest BCUT2D eigenvalue weighted by molar-refractivity contribution is 7.99. The van der Waals surface area contributed by atoms with Gasteiger partial charge in [-0.25, -0.2) is 4.98 Å². The smallest absolute Gasteiger partial charge is 0.227 e. The van der Waals surface area contributed by atoms with Crippen molar-refractivity contribution in [1.82, 2.24) is 9.55 Å². The van der Waals surface area contributed by atoms with Crippen LogP contribution >= 0.6 is 11.8 Å². The van der Waals surface area contributed by atoms with Crippen LogP contribution in [0.15, 0.2) is 77.0 Å². The Morgan fingerprint density at radius 1 is 1.16 bits per heavy atom. The molecule has 25 heavy (non-hydrogen) atoms. The van der Waals surface area contributed by atoms with Gasteiger partial charge in [0.05, 0.1) is 13.0 Å². The minimum absolute atomic E-state index is 0.0690. The van der Waals surface area contributed by atoms with E-state index in [9.17, 15) is 4.79 Å². The Morgan fingerprint density at radius 2 is 1.92 bits per heavy atom. The molecule has 0 aliphatic rings. The summed E-state index contributed by atoms with van der Waals surface area (Å²) in [7, 11) is 1.96. The van der Waals surface area contributed by atoms with Gasteiger partial charge in [0.15, 0.2) is 5.16 Å². The van der Waals surface area contributed by atoms with E-state index in [1.54, 1.807) is 18.0 Å². The first-order valence-electron chi connectivity index (χ1n) is 7.93. The number of nitrogens with one attached hydrogen (secondary N) is 1. The first kappa shape index (κ1) is 17.1. The summed E-state index contributed by atoms with van der Waals surface area (Å²) in [5.74, 6) is 0.700. The number of ether oxygens (including phenoxy) is 1. The molecule has 1 heterocycles. The zero-order chi connectivity index (χ0) is 17.5. The van der Waals surface area contributed by atoms with Gasteiger partial charge in [0.25, 0.3) is 0 Å². The summed E-state index contributed by atoms with van der Waals surface area (Å²) < 4.78 is 7.50. The highest BCUT2D eigenvalue weighted by Gasteiger charge is 2.05. The third kappa shape index (κ3) is 5.12. The molecule has 5 nitrogen and oxygen atoms in total. The summed E-state index contributed by atoms with van der Waals surface area (Å²) >= 11 is 1.58. The Bertz CT molecular complexity index is 816. The van der Waals surface area contributed by atoms with E-state index in [2.05, 4.69) is 10.3 Å². The van der Waals surface area contributed by atoms with Crippen LogP contribution in [0.4, 0.5) is 5.69 Å². The van der Waals surface area contributed by atoms with E-state index in [1.807, 2.05) is 72.4 Å². The van der Waals surface area contributed by atoms with Gasteiger partial charge in [0.2, 0.25) is 5.91 Å². The molecule has 0 fully saturated rings. The number of nitrogens with zero attached hydrogens (tertiary/aromatic N) is 2. The number of amides is 1. The van der Waals surface area contributed by atoms with Crippen LogP contribution in [0.2, 0.25) is 0 Å². The van der Waals surface area contributed by atoms with Crippen LogP contribution in [0.25, 0.3) is 0 Å². The molecule has 6 heteroatoms. The largest absolute Gasteiger partial charge is 0.493 e. The van der Waals surface area contributed by atoms with E-state index in [4.69, 9.17) is 4.74 Å². The van der Waals surface area contributed by atoms with Crippen molar-refractivity contribution >= 4 is 23.4 Å². The fraction of sp³-hybridized carbons (Fsp3) is 0.158. The van der Waals surface area contributed by atoms with Crippen LogP contribution in [-0.4, -0.2) is 22.1 Å². The van der Waals surface area contributed by atoms with E-state index in [0.29, 0.717) is 13.0 Å². The lowest BCUT2D eigenvalue weighted by Crippen LogP contribution is -2.15. The summed E-state index contributed by atoms with van der Waals surface area (Å²) in [6.45, 7) is 0.350. The zero-order valence-electron chi connectivity index (χ0n) is 13.9. The second-order valence-corrected chi connectivity index (χ2v) is 6.45. The first-order valence-corrected chi connectivity index (χ1v) is 8.75. The lowest BCUT2D eigenvalue weighted by Gasteiger charge is -2.08. The van der Waals surface area contributed by atoms with E-state index in [0.717, 1.165) is 21.5 Å². The summed E-state index contributed by atoms with van der Waals surface area (Å²) in [4.78, 5) is 17.3. The maximum Gasteiger partial charge on any atom is 0.227 e. The van der Waals surface area contributed by atoms with E-state index in [1.165, 1.54) is 0 Å². The Morgan fingerprint density at radius 3 is 2.60 bits per heavy atom. The first-order chi connectivity index (χ1) is 12.2. The van der Waals surface area contributed by atoms with Crippen molar-refractivity contribution in [2.75, 3.05) is 11.9 Å². The molecule has 0 bridgehead atoms. The minimum atomic E-state index is -0.0690. The van der Waals surface area contributed by atoms with Gasteiger partial charge in [0, 0.05) is 30.0 Å². The van der Waals surface area contributed by atoms with Gasteiger partial charge in [-0.3, -0.25) is 4.79 Å². The molecule has 128 valence electrons.